The average molecular weight is 609 g/mol. The molecule has 5 nitrogen and oxygen atoms in total. The molecule has 0 spiro atoms. The zero-order chi connectivity index (χ0) is 25.8. The number of hydrogen-bond donors (Lipinski definition) is 1. The number of aliphatic hydroxyl groups is 1. The Balaban J connectivity index is -0.0000000269. The molecule has 0 saturated heterocycles. The third-order valence-electron chi connectivity index (χ3n) is 4.01. The summed E-state index contributed by atoms with van der Waals surface area (Å²) in [6, 6.07) is 0. The molecular formula is C36H96O5. The van der Waals surface area contributed by atoms with Crippen molar-refractivity contribution in [1.29, 1.82) is 0 Å². The summed E-state index contributed by atoms with van der Waals surface area (Å²) in [5.41, 5.74) is 0. The summed E-state index contributed by atoms with van der Waals surface area (Å²) in [5.74, 6) is 0. The third-order valence-corrected chi connectivity index (χ3v) is 4.01. The molecule has 0 aliphatic heterocycles. The van der Waals surface area contributed by atoms with E-state index in [4.69, 9.17) is 18.9 Å². The van der Waals surface area contributed by atoms with Crippen LogP contribution in [0.4, 0.5) is 0 Å². The van der Waals surface area contributed by atoms with Gasteiger partial charge in [-0.1, -0.05) is 147 Å². The molecule has 0 aliphatic carbocycles. The maximum Gasteiger partial charge on any atom is 0.101 e. The van der Waals surface area contributed by atoms with Gasteiger partial charge in [-0.3, -0.25) is 0 Å². The van der Waals surface area contributed by atoms with Gasteiger partial charge >= 0.3 is 0 Å². The Morgan fingerprint density at radius 2 is 0.585 bits per heavy atom. The van der Waals surface area contributed by atoms with Gasteiger partial charge < -0.3 is 24.1 Å². The van der Waals surface area contributed by atoms with E-state index in [9.17, 15) is 5.11 Å². The van der Waals surface area contributed by atoms with Crippen LogP contribution in [0.1, 0.15) is 185 Å². The Morgan fingerprint density at radius 1 is 0.341 bits per heavy atom. The van der Waals surface area contributed by atoms with Gasteiger partial charge in [-0.05, 0) is 38.5 Å². The van der Waals surface area contributed by atoms with Gasteiger partial charge in [0.2, 0.25) is 0 Å². The van der Waals surface area contributed by atoms with E-state index in [1.54, 1.807) is 0 Å². The summed E-state index contributed by atoms with van der Waals surface area (Å²) in [6.07, 6.45) is 12.7. The molecule has 0 heterocycles. The van der Waals surface area contributed by atoms with Crippen molar-refractivity contribution in [2.75, 3.05) is 52.9 Å². The van der Waals surface area contributed by atoms with E-state index >= 15 is 0 Å². The van der Waals surface area contributed by atoms with Crippen LogP contribution in [0.5, 0.6) is 0 Å². The molecule has 0 aromatic rings. The molecule has 1 unspecified atom stereocenters. The molecule has 0 aliphatic rings. The Kier molecular flexibility index (Phi) is 171. The topological polar surface area (TPSA) is 57.2 Å². The highest BCUT2D eigenvalue weighted by atomic mass is 16.5. The first-order chi connectivity index (χ1) is 16.1. The monoisotopic (exact) mass is 609 g/mol. The van der Waals surface area contributed by atoms with Crippen LogP contribution in [0.15, 0.2) is 0 Å². The first kappa shape index (κ1) is 77.9. The normalized spacial score (nSPS) is 8.71. The highest BCUT2D eigenvalue weighted by Crippen LogP contribution is 1.92. The summed E-state index contributed by atoms with van der Waals surface area (Å²) in [4.78, 5) is 0. The summed E-state index contributed by atoms with van der Waals surface area (Å²) in [6.45, 7) is 23.1. The van der Waals surface area contributed by atoms with E-state index in [1.165, 1.54) is 32.1 Å². The fourth-order valence-corrected chi connectivity index (χ4v) is 2.11. The van der Waals surface area contributed by atoms with Crippen LogP contribution in [-0.2, 0) is 18.9 Å². The molecule has 5 heteroatoms. The van der Waals surface area contributed by atoms with Crippen molar-refractivity contribution < 1.29 is 24.1 Å². The number of hydrogen-bond acceptors (Lipinski definition) is 5. The first-order valence-electron chi connectivity index (χ1n) is 14.0. The molecule has 1 N–H and O–H groups in total. The molecule has 0 aromatic carbocycles. The van der Waals surface area contributed by atoms with E-state index in [2.05, 4.69) is 48.5 Å². The minimum atomic E-state index is -0.469. The van der Waals surface area contributed by atoms with Crippen LogP contribution in [0.25, 0.3) is 0 Å². The lowest BCUT2D eigenvalue weighted by molar-refractivity contribution is -0.0190. The van der Waals surface area contributed by atoms with Gasteiger partial charge in [0.1, 0.15) is 6.10 Å². The molecule has 1 atom stereocenters. The van der Waals surface area contributed by atoms with Crippen molar-refractivity contribution in [2.45, 2.75) is 192 Å². The van der Waals surface area contributed by atoms with Crippen LogP contribution in [-0.4, -0.2) is 64.1 Å². The minimum Gasteiger partial charge on any atom is -0.388 e. The molecule has 0 rings (SSSR count). The van der Waals surface area contributed by atoms with Crippen LogP contribution in [0.2, 0.25) is 0 Å². The Labute approximate surface area is 268 Å². The highest BCUT2D eigenvalue weighted by molar-refractivity contribution is 4.51. The van der Waals surface area contributed by atoms with Gasteiger partial charge in [-0.25, -0.2) is 0 Å². The quantitative estimate of drug-likeness (QED) is 0.139. The molecule has 0 fully saturated rings. The lowest BCUT2D eigenvalue weighted by atomic mass is 10.3. The third kappa shape index (κ3) is 120. The Morgan fingerprint density at radius 3 is 0.854 bits per heavy atom. The number of rotatable bonds is 20. The lowest BCUT2D eigenvalue weighted by Crippen LogP contribution is -2.22. The Hall–Kier alpha value is -0.200. The van der Waals surface area contributed by atoms with Crippen molar-refractivity contribution in [3.63, 3.8) is 0 Å². The van der Waals surface area contributed by atoms with Crippen molar-refractivity contribution in [2.24, 2.45) is 0 Å². The maximum absolute atomic E-state index is 9.33. The fourth-order valence-electron chi connectivity index (χ4n) is 2.11. The molecular weight excluding hydrogens is 512 g/mol. The Bertz CT molecular complexity index is 254. The zero-order valence-electron chi connectivity index (χ0n) is 24.1. The summed E-state index contributed by atoms with van der Waals surface area (Å²) in [5, 5.41) is 9.33. The standard InChI is InChI=1S/C10H22O3.C7H16O.C6H14O.C5H12.8CH4/c1-3-5-7-13-9-10(11)8-12-6-4-2;1-3-5-7-8-6-4-2;1-3-5-7-6-4-2;1-3-5-4-2;;;;;;;;/h10-11H,3-9H2,1-2H3;3-7H2,1-2H3;3-6H2,1-2H3;3-5H2,1-2H3;8*1H4. The van der Waals surface area contributed by atoms with Crippen molar-refractivity contribution in [3.05, 3.63) is 0 Å². The predicted octanol–water partition coefficient (Wildman–Crippen LogP) is 12.9. The molecule has 0 radical (unpaired) electrons. The van der Waals surface area contributed by atoms with E-state index < -0.39 is 6.10 Å². The van der Waals surface area contributed by atoms with Crippen LogP contribution >= 0.6 is 0 Å². The lowest BCUT2D eigenvalue weighted by Gasteiger charge is -2.10. The van der Waals surface area contributed by atoms with Crippen molar-refractivity contribution in [1.82, 2.24) is 0 Å². The van der Waals surface area contributed by atoms with Gasteiger partial charge in [-0.15, -0.1) is 0 Å². The molecule has 270 valence electrons. The minimum absolute atomic E-state index is 0. The van der Waals surface area contributed by atoms with Crippen LogP contribution in [0, 0.1) is 0 Å². The number of unbranched alkanes of at least 4 members (excludes halogenated alkanes) is 4. The predicted molar refractivity (Wildman–Crippen MR) is 199 cm³/mol. The molecule has 0 saturated carbocycles. The smallest absolute Gasteiger partial charge is 0.101 e. The maximum atomic E-state index is 9.33. The summed E-state index contributed by atoms with van der Waals surface area (Å²) in [7, 11) is 0. The second-order valence-corrected chi connectivity index (χ2v) is 8.09. The largest absolute Gasteiger partial charge is 0.388 e. The van der Waals surface area contributed by atoms with Gasteiger partial charge in [0.05, 0.1) is 13.2 Å². The summed E-state index contributed by atoms with van der Waals surface area (Å²) < 4.78 is 20.8. The van der Waals surface area contributed by atoms with Crippen molar-refractivity contribution in [3.8, 4) is 0 Å². The molecule has 41 heavy (non-hydrogen) atoms. The second-order valence-electron chi connectivity index (χ2n) is 8.09. The first-order valence-corrected chi connectivity index (χ1v) is 14.0. The van der Waals surface area contributed by atoms with Gasteiger partial charge in [0, 0.05) is 39.6 Å². The van der Waals surface area contributed by atoms with E-state index in [0.717, 1.165) is 71.6 Å². The van der Waals surface area contributed by atoms with Crippen LogP contribution in [0.3, 0.4) is 0 Å². The molecule has 0 aromatic heterocycles. The SMILES string of the molecule is C.C.C.C.C.C.C.C.CCCCC.CCCCOCC(O)COCCC.CCCCOCCC.CCCOCCC. The average Bonchev–Trinajstić information content (AvgIpc) is 2.82. The number of aliphatic hydroxyl groups excluding tert-OH is 1. The molecule has 0 bridgehead atoms. The number of ether oxygens (including phenoxy) is 4. The van der Waals surface area contributed by atoms with E-state index in [0.29, 0.717) is 19.8 Å². The van der Waals surface area contributed by atoms with Gasteiger partial charge in [0.25, 0.3) is 0 Å². The fraction of sp³-hybridized carbons (Fsp3) is 1.00. The summed E-state index contributed by atoms with van der Waals surface area (Å²) >= 11 is 0. The van der Waals surface area contributed by atoms with Gasteiger partial charge in [0.15, 0.2) is 0 Å². The van der Waals surface area contributed by atoms with E-state index in [1.807, 2.05) is 6.92 Å². The zero-order valence-corrected chi connectivity index (χ0v) is 24.1. The van der Waals surface area contributed by atoms with Crippen LogP contribution < -0.4 is 0 Å². The second kappa shape index (κ2) is 90.0. The van der Waals surface area contributed by atoms with E-state index in [-0.39, 0.29) is 59.4 Å². The molecule has 0 amide bonds. The van der Waals surface area contributed by atoms with Gasteiger partial charge in [-0.2, -0.15) is 0 Å². The highest BCUT2D eigenvalue weighted by Gasteiger charge is 2.03. The van der Waals surface area contributed by atoms with Crippen molar-refractivity contribution >= 4 is 0 Å².